The summed E-state index contributed by atoms with van der Waals surface area (Å²) >= 11 is 0. The average molecular weight is 287 g/mol. The molecule has 5 heteroatoms. The Balaban J connectivity index is 1.50. The predicted octanol–water partition coefficient (Wildman–Crippen LogP) is 2.91. The molecule has 0 saturated heterocycles. The van der Waals surface area contributed by atoms with E-state index < -0.39 is 0 Å². The highest BCUT2D eigenvalue weighted by molar-refractivity contribution is 5.55. The topological polar surface area (TPSA) is 49.0 Å². The summed E-state index contributed by atoms with van der Waals surface area (Å²) in [5.74, 6) is 3.03. The molecule has 0 amide bonds. The Bertz CT molecular complexity index is 615. The standard InChI is InChI=1S/C16H17NO4/c1-18-13-4-2-3-5-14(13)19-9-8-17-12-6-7-15-16(10-12)21-11-20-15/h2-7,10,17H,8-9,11H2,1H3. The smallest absolute Gasteiger partial charge is 0.231 e. The molecule has 3 rings (SSSR count). The summed E-state index contributed by atoms with van der Waals surface area (Å²) in [6, 6.07) is 13.4. The van der Waals surface area contributed by atoms with Crippen LogP contribution in [-0.2, 0) is 0 Å². The second-order valence-corrected chi connectivity index (χ2v) is 4.49. The van der Waals surface area contributed by atoms with E-state index in [9.17, 15) is 0 Å². The van der Waals surface area contributed by atoms with Crippen molar-refractivity contribution in [1.82, 2.24) is 0 Å². The van der Waals surface area contributed by atoms with Crippen molar-refractivity contribution in [3.05, 3.63) is 42.5 Å². The lowest BCUT2D eigenvalue weighted by molar-refractivity contribution is 0.174. The summed E-state index contributed by atoms with van der Waals surface area (Å²) in [6.45, 7) is 1.50. The zero-order valence-electron chi connectivity index (χ0n) is 11.8. The van der Waals surface area contributed by atoms with E-state index in [2.05, 4.69) is 5.32 Å². The number of methoxy groups -OCH3 is 1. The van der Waals surface area contributed by atoms with E-state index in [-0.39, 0.29) is 6.79 Å². The molecule has 2 aromatic rings. The first-order chi connectivity index (χ1) is 10.4. The number of hydrogen-bond acceptors (Lipinski definition) is 5. The maximum atomic E-state index is 5.70. The molecular formula is C16H17NO4. The Morgan fingerprint density at radius 3 is 2.71 bits per heavy atom. The summed E-state index contributed by atoms with van der Waals surface area (Å²) in [5.41, 5.74) is 0.975. The molecular weight excluding hydrogens is 270 g/mol. The van der Waals surface area contributed by atoms with Gasteiger partial charge in [0.1, 0.15) is 6.61 Å². The molecule has 5 nitrogen and oxygen atoms in total. The van der Waals surface area contributed by atoms with Gasteiger partial charge in [0, 0.05) is 18.3 Å². The highest BCUT2D eigenvalue weighted by atomic mass is 16.7. The molecule has 0 spiro atoms. The zero-order chi connectivity index (χ0) is 14.5. The van der Waals surface area contributed by atoms with Crippen LogP contribution < -0.4 is 24.3 Å². The Hall–Kier alpha value is -2.56. The number of fused-ring (bicyclic) bond motifs is 1. The minimum atomic E-state index is 0.287. The van der Waals surface area contributed by atoms with Gasteiger partial charge < -0.3 is 24.3 Å². The van der Waals surface area contributed by atoms with E-state index >= 15 is 0 Å². The molecule has 0 bridgehead atoms. The fourth-order valence-electron chi connectivity index (χ4n) is 2.10. The van der Waals surface area contributed by atoms with Gasteiger partial charge in [-0.25, -0.2) is 0 Å². The van der Waals surface area contributed by atoms with Gasteiger partial charge in [0.25, 0.3) is 0 Å². The molecule has 2 aromatic carbocycles. The van der Waals surface area contributed by atoms with Gasteiger partial charge in [0.2, 0.25) is 6.79 Å². The second-order valence-electron chi connectivity index (χ2n) is 4.49. The number of para-hydroxylation sites is 2. The van der Waals surface area contributed by atoms with Crippen molar-refractivity contribution >= 4 is 5.69 Å². The van der Waals surface area contributed by atoms with Crippen molar-refractivity contribution in [3.63, 3.8) is 0 Å². The SMILES string of the molecule is COc1ccccc1OCCNc1ccc2c(c1)OCO2. The van der Waals surface area contributed by atoms with Crippen molar-refractivity contribution in [2.24, 2.45) is 0 Å². The molecule has 110 valence electrons. The van der Waals surface area contributed by atoms with Crippen LogP contribution in [0.25, 0.3) is 0 Å². The molecule has 1 heterocycles. The first-order valence-corrected chi connectivity index (χ1v) is 6.76. The minimum absolute atomic E-state index is 0.287. The number of rotatable bonds is 6. The summed E-state index contributed by atoms with van der Waals surface area (Å²) < 4.78 is 21.5. The van der Waals surface area contributed by atoms with Crippen LogP contribution in [-0.4, -0.2) is 27.1 Å². The normalized spacial score (nSPS) is 12.0. The van der Waals surface area contributed by atoms with Crippen LogP contribution in [0.4, 0.5) is 5.69 Å². The van der Waals surface area contributed by atoms with Crippen LogP contribution in [0.1, 0.15) is 0 Å². The van der Waals surface area contributed by atoms with E-state index in [0.29, 0.717) is 13.2 Å². The molecule has 0 fully saturated rings. The molecule has 0 radical (unpaired) electrons. The third kappa shape index (κ3) is 3.13. The monoisotopic (exact) mass is 287 g/mol. The van der Waals surface area contributed by atoms with Crippen molar-refractivity contribution in [2.45, 2.75) is 0 Å². The van der Waals surface area contributed by atoms with E-state index in [1.54, 1.807) is 7.11 Å². The molecule has 0 aliphatic carbocycles. The van der Waals surface area contributed by atoms with Gasteiger partial charge in [-0.3, -0.25) is 0 Å². The lowest BCUT2D eigenvalue weighted by atomic mass is 10.3. The first kappa shape index (κ1) is 13.4. The van der Waals surface area contributed by atoms with Gasteiger partial charge in [0.05, 0.1) is 7.11 Å². The molecule has 1 aliphatic heterocycles. The van der Waals surface area contributed by atoms with E-state index in [1.165, 1.54) is 0 Å². The highest BCUT2D eigenvalue weighted by Gasteiger charge is 2.12. The van der Waals surface area contributed by atoms with Crippen molar-refractivity contribution < 1.29 is 18.9 Å². The molecule has 0 unspecified atom stereocenters. The number of anilines is 1. The Kier molecular flexibility index (Phi) is 4.00. The van der Waals surface area contributed by atoms with Crippen molar-refractivity contribution in [2.75, 3.05) is 32.4 Å². The number of benzene rings is 2. The minimum Gasteiger partial charge on any atom is -0.493 e. The van der Waals surface area contributed by atoms with Gasteiger partial charge in [0.15, 0.2) is 23.0 Å². The predicted molar refractivity (Wildman–Crippen MR) is 79.5 cm³/mol. The molecule has 1 N–H and O–H groups in total. The summed E-state index contributed by atoms with van der Waals surface area (Å²) in [5, 5.41) is 3.28. The van der Waals surface area contributed by atoms with Crippen LogP contribution in [0.5, 0.6) is 23.0 Å². The van der Waals surface area contributed by atoms with Gasteiger partial charge in [-0.2, -0.15) is 0 Å². The molecule has 0 atom stereocenters. The number of nitrogens with one attached hydrogen (secondary N) is 1. The van der Waals surface area contributed by atoms with E-state index in [1.807, 2.05) is 42.5 Å². The van der Waals surface area contributed by atoms with Crippen LogP contribution in [0, 0.1) is 0 Å². The Morgan fingerprint density at radius 1 is 1.05 bits per heavy atom. The lowest BCUT2D eigenvalue weighted by Crippen LogP contribution is -2.11. The highest BCUT2D eigenvalue weighted by Crippen LogP contribution is 2.34. The zero-order valence-corrected chi connectivity index (χ0v) is 11.8. The van der Waals surface area contributed by atoms with Gasteiger partial charge in [-0.1, -0.05) is 12.1 Å². The molecule has 0 saturated carbocycles. The van der Waals surface area contributed by atoms with Crippen LogP contribution in [0.15, 0.2) is 42.5 Å². The fraction of sp³-hybridized carbons (Fsp3) is 0.250. The molecule has 0 aromatic heterocycles. The average Bonchev–Trinajstić information content (AvgIpc) is 2.99. The third-order valence-corrected chi connectivity index (χ3v) is 3.13. The van der Waals surface area contributed by atoms with Crippen LogP contribution in [0.3, 0.4) is 0 Å². The Morgan fingerprint density at radius 2 is 1.86 bits per heavy atom. The van der Waals surface area contributed by atoms with E-state index in [0.717, 1.165) is 28.7 Å². The van der Waals surface area contributed by atoms with Gasteiger partial charge in [-0.15, -0.1) is 0 Å². The van der Waals surface area contributed by atoms with E-state index in [4.69, 9.17) is 18.9 Å². The van der Waals surface area contributed by atoms with Crippen LogP contribution in [0.2, 0.25) is 0 Å². The summed E-state index contributed by atoms with van der Waals surface area (Å²) in [6.07, 6.45) is 0. The summed E-state index contributed by atoms with van der Waals surface area (Å²) in [7, 11) is 1.63. The van der Waals surface area contributed by atoms with Crippen molar-refractivity contribution in [3.8, 4) is 23.0 Å². The quantitative estimate of drug-likeness (QED) is 0.828. The largest absolute Gasteiger partial charge is 0.493 e. The third-order valence-electron chi connectivity index (χ3n) is 3.13. The molecule has 21 heavy (non-hydrogen) atoms. The Labute approximate surface area is 123 Å². The maximum Gasteiger partial charge on any atom is 0.231 e. The first-order valence-electron chi connectivity index (χ1n) is 6.76. The van der Waals surface area contributed by atoms with Crippen LogP contribution >= 0.6 is 0 Å². The van der Waals surface area contributed by atoms with Gasteiger partial charge in [-0.05, 0) is 24.3 Å². The maximum absolute atomic E-state index is 5.70. The summed E-state index contributed by atoms with van der Waals surface area (Å²) in [4.78, 5) is 0. The second kappa shape index (κ2) is 6.26. The number of hydrogen-bond donors (Lipinski definition) is 1. The number of ether oxygens (including phenoxy) is 4. The molecule has 1 aliphatic rings. The van der Waals surface area contributed by atoms with Crippen molar-refractivity contribution in [1.29, 1.82) is 0 Å². The van der Waals surface area contributed by atoms with Gasteiger partial charge >= 0.3 is 0 Å². The lowest BCUT2D eigenvalue weighted by Gasteiger charge is -2.11. The fourth-order valence-corrected chi connectivity index (χ4v) is 2.10.